The van der Waals surface area contributed by atoms with Crippen molar-refractivity contribution in [3.8, 4) is 0 Å². The summed E-state index contributed by atoms with van der Waals surface area (Å²) in [5, 5.41) is 3.51. The highest BCUT2D eigenvalue weighted by Crippen LogP contribution is 2.16. The summed E-state index contributed by atoms with van der Waals surface area (Å²) in [5.41, 5.74) is 1.39. The summed E-state index contributed by atoms with van der Waals surface area (Å²) in [7, 11) is 1.77. The number of halogens is 1. The van der Waals surface area contributed by atoms with Crippen molar-refractivity contribution in [2.24, 2.45) is 5.92 Å². The van der Waals surface area contributed by atoms with Crippen LogP contribution in [-0.4, -0.2) is 26.8 Å². The third-order valence-electron chi connectivity index (χ3n) is 3.00. The van der Waals surface area contributed by atoms with Crippen molar-refractivity contribution >= 4 is 15.9 Å². The highest BCUT2D eigenvalue weighted by atomic mass is 79.9. The maximum atomic E-state index is 5.20. The SMILES string of the molecule is CCCNCC(CCOC)Cc1cccc(Br)c1. The number of hydrogen-bond donors (Lipinski definition) is 1. The Labute approximate surface area is 119 Å². The Morgan fingerprint density at radius 3 is 2.89 bits per heavy atom. The number of rotatable bonds is 9. The van der Waals surface area contributed by atoms with Crippen LogP contribution in [0.5, 0.6) is 0 Å². The smallest absolute Gasteiger partial charge is 0.0465 e. The van der Waals surface area contributed by atoms with Crippen molar-refractivity contribution in [1.82, 2.24) is 5.32 Å². The van der Waals surface area contributed by atoms with E-state index in [1.165, 1.54) is 12.0 Å². The molecule has 0 aliphatic heterocycles. The van der Waals surface area contributed by atoms with Crippen molar-refractivity contribution in [1.29, 1.82) is 0 Å². The molecule has 0 spiro atoms. The summed E-state index contributed by atoms with van der Waals surface area (Å²) >= 11 is 3.53. The van der Waals surface area contributed by atoms with E-state index >= 15 is 0 Å². The highest BCUT2D eigenvalue weighted by molar-refractivity contribution is 9.10. The maximum Gasteiger partial charge on any atom is 0.0465 e. The summed E-state index contributed by atoms with van der Waals surface area (Å²) in [5.74, 6) is 0.644. The molecular weight excluding hydrogens is 290 g/mol. The molecule has 0 radical (unpaired) electrons. The molecule has 0 fully saturated rings. The zero-order valence-corrected chi connectivity index (χ0v) is 13.0. The first kappa shape index (κ1) is 15.7. The van der Waals surface area contributed by atoms with Gasteiger partial charge in [0.05, 0.1) is 0 Å². The molecule has 102 valence electrons. The fraction of sp³-hybridized carbons (Fsp3) is 0.600. The molecular formula is C15H24BrNO. The van der Waals surface area contributed by atoms with Gasteiger partial charge in [0.2, 0.25) is 0 Å². The second kappa shape index (κ2) is 9.54. The maximum absolute atomic E-state index is 5.20. The van der Waals surface area contributed by atoms with Crippen molar-refractivity contribution < 1.29 is 4.74 Å². The van der Waals surface area contributed by atoms with Crippen LogP contribution in [0.1, 0.15) is 25.3 Å². The summed E-state index contributed by atoms with van der Waals surface area (Å²) in [6.45, 7) is 5.21. The minimum absolute atomic E-state index is 0.644. The van der Waals surface area contributed by atoms with E-state index in [4.69, 9.17) is 4.74 Å². The zero-order valence-electron chi connectivity index (χ0n) is 11.4. The summed E-state index contributed by atoms with van der Waals surface area (Å²) in [6, 6.07) is 8.58. The Bertz CT molecular complexity index is 330. The molecule has 1 rings (SSSR count). The first-order chi connectivity index (χ1) is 8.76. The van der Waals surface area contributed by atoms with E-state index in [9.17, 15) is 0 Å². The largest absolute Gasteiger partial charge is 0.385 e. The molecule has 0 amide bonds. The van der Waals surface area contributed by atoms with Crippen LogP contribution >= 0.6 is 15.9 Å². The fourth-order valence-corrected chi connectivity index (χ4v) is 2.49. The molecule has 0 saturated carbocycles. The molecule has 1 N–H and O–H groups in total. The molecule has 1 aromatic rings. The third-order valence-corrected chi connectivity index (χ3v) is 3.50. The number of hydrogen-bond acceptors (Lipinski definition) is 2. The Kier molecular flexibility index (Phi) is 8.31. The van der Waals surface area contributed by atoms with Gasteiger partial charge in [-0.3, -0.25) is 0 Å². The first-order valence-corrected chi connectivity index (χ1v) is 7.49. The Morgan fingerprint density at radius 1 is 1.39 bits per heavy atom. The lowest BCUT2D eigenvalue weighted by atomic mass is 9.96. The quantitative estimate of drug-likeness (QED) is 0.703. The van der Waals surface area contributed by atoms with Crippen LogP contribution in [0.2, 0.25) is 0 Å². The third kappa shape index (κ3) is 6.53. The zero-order chi connectivity index (χ0) is 13.2. The van der Waals surface area contributed by atoms with Crippen LogP contribution in [0.4, 0.5) is 0 Å². The van der Waals surface area contributed by atoms with Gasteiger partial charge in [0, 0.05) is 18.2 Å². The normalized spacial score (nSPS) is 12.6. The van der Waals surface area contributed by atoms with Crippen LogP contribution in [0.3, 0.4) is 0 Å². The molecule has 1 unspecified atom stereocenters. The summed E-state index contributed by atoms with van der Waals surface area (Å²) < 4.78 is 6.36. The molecule has 2 nitrogen and oxygen atoms in total. The lowest BCUT2D eigenvalue weighted by Crippen LogP contribution is -2.26. The van der Waals surface area contributed by atoms with E-state index in [0.717, 1.165) is 37.0 Å². The van der Waals surface area contributed by atoms with Gasteiger partial charge in [0.25, 0.3) is 0 Å². The predicted octanol–water partition coefficient (Wildman–Crippen LogP) is 3.64. The molecule has 0 aliphatic rings. The van der Waals surface area contributed by atoms with E-state index in [0.29, 0.717) is 5.92 Å². The van der Waals surface area contributed by atoms with Crippen LogP contribution < -0.4 is 5.32 Å². The number of nitrogens with one attached hydrogen (secondary N) is 1. The Hall–Kier alpha value is -0.380. The molecule has 1 aromatic carbocycles. The molecule has 0 heterocycles. The second-order valence-electron chi connectivity index (χ2n) is 4.69. The van der Waals surface area contributed by atoms with Crippen LogP contribution in [0.25, 0.3) is 0 Å². The van der Waals surface area contributed by atoms with Crippen molar-refractivity contribution in [3.63, 3.8) is 0 Å². The minimum Gasteiger partial charge on any atom is -0.385 e. The molecule has 1 atom stereocenters. The second-order valence-corrected chi connectivity index (χ2v) is 5.60. The fourth-order valence-electron chi connectivity index (χ4n) is 2.04. The minimum atomic E-state index is 0.644. The molecule has 0 aromatic heterocycles. The van der Waals surface area contributed by atoms with E-state index in [2.05, 4.69) is 52.4 Å². The van der Waals surface area contributed by atoms with Gasteiger partial charge >= 0.3 is 0 Å². The molecule has 18 heavy (non-hydrogen) atoms. The average molecular weight is 314 g/mol. The van der Waals surface area contributed by atoms with Crippen LogP contribution in [0.15, 0.2) is 28.7 Å². The van der Waals surface area contributed by atoms with E-state index in [1.54, 1.807) is 7.11 Å². The van der Waals surface area contributed by atoms with Gasteiger partial charge in [-0.1, -0.05) is 35.0 Å². The van der Waals surface area contributed by atoms with E-state index < -0.39 is 0 Å². The van der Waals surface area contributed by atoms with E-state index in [-0.39, 0.29) is 0 Å². The topological polar surface area (TPSA) is 21.3 Å². The lowest BCUT2D eigenvalue weighted by Gasteiger charge is -2.17. The first-order valence-electron chi connectivity index (χ1n) is 6.70. The Balaban J connectivity index is 2.48. The lowest BCUT2D eigenvalue weighted by molar-refractivity contribution is 0.176. The van der Waals surface area contributed by atoms with Gasteiger partial charge in [-0.05, 0) is 56.0 Å². The van der Waals surface area contributed by atoms with Crippen molar-refractivity contribution in [2.45, 2.75) is 26.2 Å². The van der Waals surface area contributed by atoms with E-state index in [1.807, 2.05) is 0 Å². The van der Waals surface area contributed by atoms with Crippen LogP contribution in [0, 0.1) is 5.92 Å². The van der Waals surface area contributed by atoms with Crippen molar-refractivity contribution in [2.75, 3.05) is 26.8 Å². The summed E-state index contributed by atoms with van der Waals surface area (Å²) in [6.07, 6.45) is 3.41. The molecule has 3 heteroatoms. The average Bonchev–Trinajstić information content (AvgIpc) is 2.36. The van der Waals surface area contributed by atoms with Gasteiger partial charge in [-0.2, -0.15) is 0 Å². The molecule has 0 bridgehead atoms. The summed E-state index contributed by atoms with van der Waals surface area (Å²) in [4.78, 5) is 0. The Morgan fingerprint density at radius 2 is 2.22 bits per heavy atom. The van der Waals surface area contributed by atoms with Gasteiger partial charge in [0.1, 0.15) is 0 Å². The molecule has 0 saturated heterocycles. The van der Waals surface area contributed by atoms with Crippen LogP contribution in [-0.2, 0) is 11.2 Å². The standard InChI is InChI=1S/C15H24BrNO/c1-3-8-17-12-14(7-9-18-2)10-13-5-4-6-15(16)11-13/h4-6,11,14,17H,3,7-10,12H2,1-2H3. The van der Waals surface area contributed by atoms with Gasteiger partial charge in [-0.15, -0.1) is 0 Å². The van der Waals surface area contributed by atoms with Gasteiger partial charge < -0.3 is 10.1 Å². The predicted molar refractivity (Wildman–Crippen MR) is 81.0 cm³/mol. The number of benzene rings is 1. The van der Waals surface area contributed by atoms with Gasteiger partial charge in [-0.25, -0.2) is 0 Å². The van der Waals surface area contributed by atoms with Gasteiger partial charge in [0.15, 0.2) is 0 Å². The number of ether oxygens (including phenoxy) is 1. The van der Waals surface area contributed by atoms with Crippen molar-refractivity contribution in [3.05, 3.63) is 34.3 Å². The molecule has 0 aliphatic carbocycles. The monoisotopic (exact) mass is 313 g/mol. The highest BCUT2D eigenvalue weighted by Gasteiger charge is 2.09. The number of methoxy groups -OCH3 is 1.